The quantitative estimate of drug-likeness (QED) is 0.0456. The monoisotopic (exact) mass is 2000 g/mol. The molecule has 25 nitrogen and oxygen atoms in total. The van der Waals surface area contributed by atoms with Crippen LogP contribution in [0.2, 0.25) is 0 Å². The van der Waals surface area contributed by atoms with Gasteiger partial charge in [0.1, 0.15) is 13.8 Å². The number of likely N-dealkylation sites (tertiary alicyclic amines) is 4. The first-order valence-corrected chi connectivity index (χ1v) is 49.6. The number of hydrogen-bond acceptors (Lipinski definition) is 21. The maximum absolute atomic E-state index is 13.6. The summed E-state index contributed by atoms with van der Waals surface area (Å²) in [6, 6.07) is 46.6. The SMILES string of the molecule is CC1=NN=C(c2cccc(CC(=O)N3[C@H](C(=O)Cc4nc(Br)ccc4C)C[C@@]4(C)C[C@@H]34)c2)C1.CCC1=NN=C(c2cccc(CC(=O)N3[C@H](C(=O)Cc4nc(Br)ccc4C)C[C@@]4(C)C[C@@H]34)c2)C1.Cc1ccc(Br)nc1CC(=O)[C@@H]1C[C@@]2(C)C[C@H]2N1C(=O)Cc1cccc(C2=NN=CC2)c1.Cc1ccc(C)c(CC(=O)[C@@H]2C[C@@]3(C)C[C@H]3N2C(=O)Cc2cccc(C3=NN=C(C4COC4)C3)c2)n1. The highest BCUT2D eigenvalue weighted by Gasteiger charge is 2.67. The molecule has 4 aromatic carbocycles. The van der Waals surface area contributed by atoms with Gasteiger partial charge in [-0.2, -0.15) is 40.8 Å². The Balaban J connectivity index is 0.000000120. The van der Waals surface area contributed by atoms with E-state index < -0.39 is 0 Å². The van der Waals surface area contributed by atoms with Gasteiger partial charge in [0, 0.05) is 79.1 Å². The number of piperidine rings is 4. The second-order valence-corrected chi connectivity index (χ2v) is 42.9. The van der Waals surface area contributed by atoms with Crippen molar-refractivity contribution in [3.63, 3.8) is 0 Å². The minimum atomic E-state index is -0.376. The number of pyridine rings is 4. The van der Waals surface area contributed by atoms with Crippen LogP contribution in [0.25, 0.3) is 0 Å². The van der Waals surface area contributed by atoms with E-state index in [1.807, 2.05) is 207 Å². The lowest BCUT2D eigenvalue weighted by molar-refractivity contribution is -0.138. The van der Waals surface area contributed by atoms with Gasteiger partial charge in [0.05, 0.1) is 140 Å². The standard InChI is InChI=1S/C29H32N4O3.C27H29BrN4O2.C26H27BrN4O2.C25H25BrN4O2/c1-17-7-8-18(2)30-22(17)12-26(34)25-13-29(3)14-27(29)33(25)28(35)10-19-5-4-6-20(9-19)23-11-24(32-31-23)21-15-36-16-21;1-4-19-12-21(31-30-19)18-7-5-6-17(10-18)11-26(34)32-22(14-27(3)15-24(27)32)23(33)13-20-16(2)8-9-25(28)29-20;1-15-7-8-24(27)28-19(15)12-22(32)21-13-26(3)14-23(26)31(21)25(33)11-17-5-4-6-18(10-17)20-9-16(2)29-30-20;1-15-6-7-23(26)28-19(15)12-21(31)20-13-25(2)14-22(25)30(20)24(32)11-16-4-3-5-17(10-16)18-8-9-27-29-18/h4-9,21,25,27H,10-16H2,1-3H3;5-10,22,24H,4,11-15H2,1-3H3;4-8,10,21,23H,9,11-14H2,1-3H3;3-7,9-10,20,22H,8,11-14H2,1-2H3/t25-,27+,29-;22-,24+,27-;21-,23+,26-;20-,22+,25-/m0000/s1. The molecule has 0 unspecified atom stereocenters. The number of hydrogen-bond donors (Lipinski definition) is 0. The number of carbonyl (C=O) groups is 8. The average Bonchev–Trinajstić information content (AvgIpc) is 1.56. The Morgan fingerprint density at radius 3 is 1.02 bits per heavy atom. The van der Waals surface area contributed by atoms with Gasteiger partial charge in [-0.1, -0.05) is 132 Å². The first-order chi connectivity index (χ1) is 64.6. The van der Waals surface area contributed by atoms with E-state index in [4.69, 9.17) is 4.74 Å². The van der Waals surface area contributed by atoms with Gasteiger partial charge in [-0.05, 0) is 284 Å². The highest BCUT2D eigenvalue weighted by Crippen LogP contribution is 2.63. The molecule has 4 aliphatic carbocycles. The van der Waals surface area contributed by atoms with Crippen molar-refractivity contribution in [2.75, 3.05) is 13.2 Å². The molecule has 13 aliphatic rings. The van der Waals surface area contributed by atoms with E-state index in [9.17, 15) is 38.4 Å². The lowest BCUT2D eigenvalue weighted by atomic mass is 9.94. The van der Waals surface area contributed by atoms with Crippen LogP contribution in [0.5, 0.6) is 0 Å². The third-order valence-electron chi connectivity index (χ3n) is 30.0. The fourth-order valence-corrected chi connectivity index (χ4v) is 22.4. The maximum Gasteiger partial charge on any atom is 0.227 e. The molecule has 696 valence electrons. The van der Waals surface area contributed by atoms with Crippen molar-refractivity contribution in [1.82, 2.24) is 39.5 Å². The lowest BCUT2D eigenvalue weighted by Crippen LogP contribution is -2.44. The van der Waals surface area contributed by atoms with Crippen molar-refractivity contribution in [2.45, 2.75) is 259 Å². The summed E-state index contributed by atoms with van der Waals surface area (Å²) in [6.45, 7) is 24.1. The number of benzene rings is 4. The van der Waals surface area contributed by atoms with Gasteiger partial charge in [0.15, 0.2) is 23.1 Å². The number of halogens is 3. The number of ketones is 4. The third-order valence-corrected chi connectivity index (χ3v) is 31.3. The van der Waals surface area contributed by atoms with Crippen LogP contribution in [0.15, 0.2) is 200 Å². The summed E-state index contributed by atoms with van der Waals surface area (Å²) in [5, 5.41) is 33.8. The van der Waals surface area contributed by atoms with Gasteiger partial charge in [-0.25, -0.2) is 15.0 Å². The number of ether oxygens (including phenoxy) is 1. The summed E-state index contributed by atoms with van der Waals surface area (Å²) in [5.41, 5.74) is 23.0. The molecule has 0 bridgehead atoms. The molecule has 21 rings (SSSR count). The Hall–Kier alpha value is -11.2. The fourth-order valence-electron chi connectivity index (χ4n) is 21.3. The van der Waals surface area contributed by atoms with Crippen molar-refractivity contribution < 1.29 is 43.1 Å². The Labute approximate surface area is 813 Å². The number of nitrogens with zero attached hydrogens (tertiary/aromatic N) is 16. The van der Waals surface area contributed by atoms with Gasteiger partial charge < -0.3 is 24.3 Å². The van der Waals surface area contributed by atoms with Crippen LogP contribution in [0.3, 0.4) is 0 Å². The number of aromatic nitrogens is 4. The summed E-state index contributed by atoms with van der Waals surface area (Å²) in [6.07, 6.45) is 14.6. The molecule has 0 N–H and O–H groups in total. The first-order valence-electron chi connectivity index (χ1n) is 47.2. The number of amides is 4. The molecule has 28 heteroatoms. The average molecular weight is 2010 g/mol. The second-order valence-electron chi connectivity index (χ2n) is 40.5. The van der Waals surface area contributed by atoms with Gasteiger partial charge in [-0.3, -0.25) is 43.3 Å². The third kappa shape index (κ3) is 20.6. The van der Waals surface area contributed by atoms with Crippen molar-refractivity contribution >= 4 is 141 Å². The highest BCUT2D eigenvalue weighted by molar-refractivity contribution is 9.11. The Morgan fingerprint density at radius 2 is 0.696 bits per heavy atom. The molecular formula is C107H113Br3N16O9. The van der Waals surface area contributed by atoms with Gasteiger partial charge in [-0.15, -0.1) is 0 Å². The van der Waals surface area contributed by atoms with Crippen molar-refractivity contribution in [1.29, 1.82) is 0 Å². The van der Waals surface area contributed by atoms with Gasteiger partial charge in [0.25, 0.3) is 0 Å². The first kappa shape index (κ1) is 94.2. The Kier molecular flexibility index (Phi) is 26.8. The Morgan fingerprint density at radius 1 is 0.363 bits per heavy atom. The van der Waals surface area contributed by atoms with Crippen LogP contribution >= 0.6 is 47.8 Å². The molecule has 13 heterocycles. The van der Waals surface area contributed by atoms with E-state index in [2.05, 4.69) is 143 Å². The molecule has 135 heavy (non-hydrogen) atoms. The summed E-state index contributed by atoms with van der Waals surface area (Å²) in [7, 11) is 0. The van der Waals surface area contributed by atoms with E-state index in [0.717, 1.165) is 239 Å². The van der Waals surface area contributed by atoms with Gasteiger partial charge >= 0.3 is 0 Å². The van der Waals surface area contributed by atoms with Crippen molar-refractivity contribution in [3.05, 3.63) is 255 Å². The largest absolute Gasteiger partial charge is 0.380 e. The normalized spacial score (nSPS) is 25.8. The number of carbonyl (C=O) groups excluding carboxylic acids is 8. The zero-order valence-electron chi connectivity index (χ0n) is 78.4. The molecule has 0 spiro atoms. The van der Waals surface area contributed by atoms with Crippen LogP contribution in [0, 0.1) is 62.2 Å². The molecule has 4 saturated carbocycles. The molecule has 5 saturated heterocycles. The van der Waals surface area contributed by atoms with Crippen LogP contribution in [0.4, 0.5) is 0 Å². The highest BCUT2D eigenvalue weighted by atomic mass is 79.9. The summed E-state index contributed by atoms with van der Waals surface area (Å²) in [5.74, 6) is 0.811. The zero-order chi connectivity index (χ0) is 94.8. The van der Waals surface area contributed by atoms with Gasteiger partial charge in [0.2, 0.25) is 23.6 Å². The predicted octanol–water partition coefficient (Wildman–Crippen LogP) is 17.0. The van der Waals surface area contributed by atoms with E-state index in [0.29, 0.717) is 12.3 Å². The molecule has 9 fully saturated rings. The molecular weight excluding hydrogens is 1890 g/mol. The molecule has 8 aromatic rings. The minimum Gasteiger partial charge on any atom is -0.380 e. The molecule has 0 radical (unpaired) electrons. The van der Waals surface area contributed by atoms with Crippen LogP contribution < -0.4 is 0 Å². The van der Waals surface area contributed by atoms with E-state index >= 15 is 0 Å². The number of aryl methyl sites for hydroxylation is 5. The van der Waals surface area contributed by atoms with E-state index in [1.165, 1.54) is 0 Å². The van der Waals surface area contributed by atoms with Crippen molar-refractivity contribution in [3.8, 4) is 0 Å². The topological polar surface area (TPSA) is 309 Å². The van der Waals surface area contributed by atoms with Crippen LogP contribution in [0.1, 0.15) is 220 Å². The number of Topliss-reactive ketones (excluding diaryl/α,β-unsaturated/α-hetero) is 4. The fraction of sp³-hybridized carbons (Fsp3) is 0.439. The molecule has 4 amide bonds. The summed E-state index contributed by atoms with van der Waals surface area (Å²) in [4.78, 5) is 133. The van der Waals surface area contributed by atoms with E-state index in [-0.39, 0.29) is 168 Å². The summed E-state index contributed by atoms with van der Waals surface area (Å²) < 4.78 is 7.45. The number of fused-ring (bicyclic) bond motifs is 4. The summed E-state index contributed by atoms with van der Waals surface area (Å²) >= 11 is 10.2. The smallest absolute Gasteiger partial charge is 0.227 e. The van der Waals surface area contributed by atoms with Crippen molar-refractivity contribution in [2.24, 2.45) is 68.4 Å². The molecule has 9 aliphatic heterocycles. The van der Waals surface area contributed by atoms with E-state index in [1.54, 1.807) is 6.21 Å². The lowest BCUT2D eigenvalue weighted by Gasteiger charge is -2.27. The number of rotatable bonds is 26. The van der Waals surface area contributed by atoms with Crippen LogP contribution in [-0.4, -0.2) is 194 Å². The van der Waals surface area contributed by atoms with Crippen LogP contribution in [-0.2, 0) is 94.5 Å². The molecule has 4 aromatic heterocycles. The second kappa shape index (κ2) is 38.4. The zero-order valence-corrected chi connectivity index (χ0v) is 83.1. The predicted molar refractivity (Wildman–Crippen MR) is 532 cm³/mol. The molecule has 12 atom stereocenters. The maximum atomic E-state index is 13.6. The Bertz CT molecular complexity index is 6470. The minimum absolute atomic E-state index is 0.0234.